The molecule has 2 rings (SSSR count). The van der Waals surface area contributed by atoms with Crippen molar-refractivity contribution in [1.82, 2.24) is 0 Å². The van der Waals surface area contributed by atoms with E-state index in [4.69, 9.17) is 9.47 Å². The average molecular weight is 280 g/mol. The van der Waals surface area contributed by atoms with Crippen molar-refractivity contribution in [1.29, 1.82) is 0 Å². The van der Waals surface area contributed by atoms with Crippen molar-refractivity contribution in [2.24, 2.45) is 0 Å². The quantitative estimate of drug-likeness (QED) is 0.713. The van der Waals surface area contributed by atoms with E-state index < -0.39 is 0 Å². The molecule has 0 amide bonds. The molecule has 0 aliphatic carbocycles. The lowest BCUT2D eigenvalue weighted by Gasteiger charge is -2.10. The number of benzene rings is 2. The van der Waals surface area contributed by atoms with Crippen molar-refractivity contribution in [3.05, 3.63) is 78.4 Å². The molecule has 2 nitrogen and oxygen atoms in total. The molecule has 0 aliphatic rings. The van der Waals surface area contributed by atoms with Crippen LogP contribution >= 0.6 is 0 Å². The number of methoxy groups -OCH3 is 1. The standard InChI is InChI=1S/C19H20O2/c1-4-6-19(15-7-11-17(20-3)12-8-15)16-9-13-18(14-10-16)21-5-2/h4,6-14H,1,5H2,2-3H3. The molecule has 0 aliphatic heterocycles. The predicted octanol–water partition coefficient (Wildman–Crippen LogP) is 4.71. The van der Waals surface area contributed by atoms with Gasteiger partial charge in [0.05, 0.1) is 13.7 Å². The van der Waals surface area contributed by atoms with Crippen LogP contribution in [-0.2, 0) is 0 Å². The topological polar surface area (TPSA) is 18.5 Å². The summed E-state index contributed by atoms with van der Waals surface area (Å²) >= 11 is 0. The number of hydrogen-bond acceptors (Lipinski definition) is 2. The van der Waals surface area contributed by atoms with Crippen LogP contribution in [0.2, 0.25) is 0 Å². The second-order valence-electron chi connectivity index (χ2n) is 4.50. The molecule has 108 valence electrons. The summed E-state index contributed by atoms with van der Waals surface area (Å²) < 4.78 is 10.7. The van der Waals surface area contributed by atoms with Crippen molar-refractivity contribution >= 4 is 5.57 Å². The molecule has 0 fully saturated rings. The van der Waals surface area contributed by atoms with E-state index in [9.17, 15) is 0 Å². The molecule has 0 unspecified atom stereocenters. The monoisotopic (exact) mass is 280 g/mol. The first-order chi connectivity index (χ1) is 10.3. The molecule has 2 aromatic carbocycles. The van der Waals surface area contributed by atoms with Crippen molar-refractivity contribution in [3.63, 3.8) is 0 Å². The third-order valence-electron chi connectivity index (χ3n) is 3.16. The SMILES string of the molecule is C=CC=C(c1ccc(OC)cc1)c1ccc(OCC)cc1. The Labute approximate surface area is 126 Å². The van der Waals surface area contributed by atoms with Crippen LogP contribution in [-0.4, -0.2) is 13.7 Å². The van der Waals surface area contributed by atoms with Gasteiger partial charge in [0, 0.05) is 0 Å². The Morgan fingerprint density at radius 3 is 1.90 bits per heavy atom. The van der Waals surface area contributed by atoms with Gasteiger partial charge >= 0.3 is 0 Å². The van der Waals surface area contributed by atoms with Gasteiger partial charge in [0.1, 0.15) is 11.5 Å². The molecule has 0 bridgehead atoms. The molecule has 0 saturated carbocycles. The van der Waals surface area contributed by atoms with E-state index in [1.807, 2.05) is 49.4 Å². The van der Waals surface area contributed by atoms with Gasteiger partial charge in [0.15, 0.2) is 0 Å². The van der Waals surface area contributed by atoms with Gasteiger partial charge in [0.25, 0.3) is 0 Å². The highest BCUT2D eigenvalue weighted by Crippen LogP contribution is 2.27. The van der Waals surface area contributed by atoms with Gasteiger partial charge < -0.3 is 9.47 Å². The van der Waals surface area contributed by atoms with Crippen LogP contribution in [0.25, 0.3) is 5.57 Å². The summed E-state index contributed by atoms with van der Waals surface area (Å²) in [5.74, 6) is 1.73. The third kappa shape index (κ3) is 3.76. The van der Waals surface area contributed by atoms with Crippen molar-refractivity contribution in [3.8, 4) is 11.5 Å². The molecule has 2 heteroatoms. The summed E-state index contributed by atoms with van der Waals surface area (Å²) in [5.41, 5.74) is 3.37. The number of allylic oxidation sites excluding steroid dienone is 2. The van der Waals surface area contributed by atoms with Crippen LogP contribution in [0.5, 0.6) is 11.5 Å². The van der Waals surface area contributed by atoms with E-state index >= 15 is 0 Å². The van der Waals surface area contributed by atoms with Crippen LogP contribution in [0.1, 0.15) is 18.1 Å². The number of rotatable bonds is 6. The molecule has 0 spiro atoms. The van der Waals surface area contributed by atoms with Gasteiger partial charge in [-0.1, -0.05) is 43.0 Å². The smallest absolute Gasteiger partial charge is 0.119 e. The van der Waals surface area contributed by atoms with E-state index in [-0.39, 0.29) is 0 Å². The fourth-order valence-corrected chi connectivity index (χ4v) is 2.14. The zero-order valence-corrected chi connectivity index (χ0v) is 12.5. The second-order valence-corrected chi connectivity index (χ2v) is 4.50. The Balaban J connectivity index is 2.33. The second kappa shape index (κ2) is 7.34. The van der Waals surface area contributed by atoms with E-state index in [1.54, 1.807) is 13.2 Å². The Bertz CT molecular complexity index is 607. The lowest BCUT2D eigenvalue weighted by Crippen LogP contribution is -1.92. The summed E-state index contributed by atoms with van der Waals surface area (Å²) in [6.07, 6.45) is 3.81. The van der Waals surface area contributed by atoms with Crippen LogP contribution < -0.4 is 9.47 Å². The van der Waals surface area contributed by atoms with Gasteiger partial charge in [0.2, 0.25) is 0 Å². The molecule has 0 aromatic heterocycles. The van der Waals surface area contributed by atoms with Gasteiger partial charge in [-0.2, -0.15) is 0 Å². The van der Waals surface area contributed by atoms with Gasteiger partial charge in [-0.15, -0.1) is 0 Å². The van der Waals surface area contributed by atoms with Gasteiger partial charge in [-0.05, 0) is 47.9 Å². The third-order valence-corrected chi connectivity index (χ3v) is 3.16. The van der Waals surface area contributed by atoms with Gasteiger partial charge in [-0.25, -0.2) is 0 Å². The summed E-state index contributed by atoms with van der Waals surface area (Å²) in [4.78, 5) is 0. The lowest BCUT2D eigenvalue weighted by atomic mass is 9.97. The maximum atomic E-state index is 5.48. The highest BCUT2D eigenvalue weighted by molar-refractivity contribution is 5.81. The molecular formula is C19H20O2. The minimum Gasteiger partial charge on any atom is -0.497 e. The van der Waals surface area contributed by atoms with Crippen LogP contribution in [0, 0.1) is 0 Å². The van der Waals surface area contributed by atoms with Crippen LogP contribution in [0.4, 0.5) is 0 Å². The van der Waals surface area contributed by atoms with E-state index in [1.165, 1.54) is 0 Å². The summed E-state index contributed by atoms with van der Waals surface area (Å²) in [5, 5.41) is 0. The fraction of sp³-hybridized carbons (Fsp3) is 0.158. The first kappa shape index (κ1) is 14.9. The molecular weight excluding hydrogens is 260 g/mol. The first-order valence-corrected chi connectivity index (χ1v) is 6.99. The van der Waals surface area contributed by atoms with Crippen molar-refractivity contribution in [2.45, 2.75) is 6.92 Å². The van der Waals surface area contributed by atoms with E-state index in [2.05, 4.69) is 18.7 Å². The molecule has 0 heterocycles. The summed E-state index contributed by atoms with van der Waals surface area (Å²) in [7, 11) is 1.67. The van der Waals surface area contributed by atoms with Gasteiger partial charge in [-0.3, -0.25) is 0 Å². The van der Waals surface area contributed by atoms with Crippen molar-refractivity contribution in [2.75, 3.05) is 13.7 Å². The molecule has 0 N–H and O–H groups in total. The zero-order valence-electron chi connectivity index (χ0n) is 12.5. The Morgan fingerprint density at radius 1 is 0.952 bits per heavy atom. The zero-order chi connectivity index (χ0) is 15.1. The molecule has 0 saturated heterocycles. The Morgan fingerprint density at radius 2 is 1.48 bits per heavy atom. The largest absolute Gasteiger partial charge is 0.497 e. The maximum absolute atomic E-state index is 5.48. The number of hydrogen-bond donors (Lipinski definition) is 0. The van der Waals surface area contributed by atoms with Crippen LogP contribution in [0.15, 0.2) is 67.3 Å². The average Bonchev–Trinajstić information content (AvgIpc) is 2.54. The molecule has 21 heavy (non-hydrogen) atoms. The highest BCUT2D eigenvalue weighted by atomic mass is 16.5. The molecule has 2 aromatic rings. The minimum absolute atomic E-state index is 0.674. The Hall–Kier alpha value is -2.48. The van der Waals surface area contributed by atoms with Crippen molar-refractivity contribution < 1.29 is 9.47 Å². The lowest BCUT2D eigenvalue weighted by molar-refractivity contribution is 0.340. The molecule has 0 atom stereocenters. The van der Waals surface area contributed by atoms with Crippen LogP contribution in [0.3, 0.4) is 0 Å². The number of ether oxygens (including phenoxy) is 2. The normalized spacial score (nSPS) is 11.0. The highest BCUT2D eigenvalue weighted by Gasteiger charge is 2.05. The predicted molar refractivity (Wildman–Crippen MR) is 87.9 cm³/mol. The minimum atomic E-state index is 0.674. The Kier molecular flexibility index (Phi) is 5.22. The molecule has 0 radical (unpaired) electrons. The maximum Gasteiger partial charge on any atom is 0.119 e. The van der Waals surface area contributed by atoms with E-state index in [0.717, 1.165) is 28.2 Å². The fourth-order valence-electron chi connectivity index (χ4n) is 2.14. The first-order valence-electron chi connectivity index (χ1n) is 6.99. The summed E-state index contributed by atoms with van der Waals surface area (Å²) in [6, 6.07) is 16.1. The summed E-state index contributed by atoms with van der Waals surface area (Å²) in [6.45, 7) is 6.46. The van der Waals surface area contributed by atoms with E-state index in [0.29, 0.717) is 6.61 Å².